The van der Waals surface area contributed by atoms with Gasteiger partial charge in [0.25, 0.3) is 0 Å². The van der Waals surface area contributed by atoms with Gasteiger partial charge in [-0.25, -0.2) is 0 Å². The SMILES string of the molecule is CN(CCNC(=O)CCn1c(-c2cccs2)n[nH]c1=S)C1CCCCC1. The van der Waals surface area contributed by atoms with E-state index in [9.17, 15) is 4.79 Å². The molecule has 2 aromatic heterocycles. The summed E-state index contributed by atoms with van der Waals surface area (Å²) in [6.07, 6.45) is 7.01. The number of hydrogen-bond donors (Lipinski definition) is 2. The largest absolute Gasteiger partial charge is 0.355 e. The molecule has 0 aromatic carbocycles. The number of nitrogens with one attached hydrogen (secondary N) is 2. The number of rotatable bonds is 8. The van der Waals surface area contributed by atoms with Gasteiger partial charge in [0.15, 0.2) is 10.6 Å². The predicted octanol–water partition coefficient (Wildman–Crippen LogP) is 3.44. The Balaban J connectivity index is 1.43. The van der Waals surface area contributed by atoms with Crippen molar-refractivity contribution < 1.29 is 4.79 Å². The van der Waals surface area contributed by atoms with Crippen LogP contribution in [0.4, 0.5) is 0 Å². The monoisotopic (exact) mass is 393 g/mol. The fraction of sp³-hybridized carbons (Fsp3) is 0.611. The molecule has 1 aliphatic carbocycles. The Hall–Kier alpha value is -1.51. The third kappa shape index (κ3) is 5.02. The first-order chi connectivity index (χ1) is 12.6. The number of hydrogen-bond acceptors (Lipinski definition) is 5. The molecule has 3 rings (SSSR count). The van der Waals surface area contributed by atoms with Crippen molar-refractivity contribution in [2.75, 3.05) is 20.1 Å². The van der Waals surface area contributed by atoms with E-state index < -0.39 is 0 Å². The average Bonchev–Trinajstić information content (AvgIpc) is 3.30. The van der Waals surface area contributed by atoms with E-state index >= 15 is 0 Å². The van der Waals surface area contributed by atoms with Gasteiger partial charge in [-0.1, -0.05) is 25.3 Å². The highest BCUT2D eigenvalue weighted by Gasteiger charge is 2.17. The van der Waals surface area contributed by atoms with Crippen molar-refractivity contribution in [3.63, 3.8) is 0 Å². The number of thiophene rings is 1. The van der Waals surface area contributed by atoms with Crippen LogP contribution in [0.15, 0.2) is 17.5 Å². The second-order valence-corrected chi connectivity index (χ2v) is 8.19. The summed E-state index contributed by atoms with van der Waals surface area (Å²) in [6, 6.07) is 4.67. The number of likely N-dealkylation sites (N-methyl/N-ethyl adjacent to an activating group) is 1. The minimum atomic E-state index is 0.0577. The van der Waals surface area contributed by atoms with Gasteiger partial charge < -0.3 is 10.2 Å². The van der Waals surface area contributed by atoms with E-state index in [0.29, 0.717) is 30.3 Å². The van der Waals surface area contributed by atoms with Crippen molar-refractivity contribution in [2.24, 2.45) is 0 Å². The molecule has 1 saturated carbocycles. The van der Waals surface area contributed by atoms with Gasteiger partial charge >= 0.3 is 0 Å². The van der Waals surface area contributed by atoms with E-state index in [0.717, 1.165) is 17.2 Å². The minimum absolute atomic E-state index is 0.0577. The van der Waals surface area contributed by atoms with Gasteiger partial charge in [0, 0.05) is 32.1 Å². The summed E-state index contributed by atoms with van der Waals surface area (Å²) in [6.45, 7) is 2.13. The normalized spacial score (nSPS) is 15.5. The molecule has 8 heteroatoms. The highest BCUT2D eigenvalue weighted by Crippen LogP contribution is 2.23. The Morgan fingerprint density at radius 2 is 2.27 bits per heavy atom. The number of carbonyl (C=O) groups is 1. The number of H-pyrrole nitrogens is 1. The van der Waals surface area contributed by atoms with Crippen LogP contribution in [0.1, 0.15) is 38.5 Å². The number of aromatic amines is 1. The summed E-state index contributed by atoms with van der Waals surface area (Å²) < 4.78 is 2.45. The fourth-order valence-electron chi connectivity index (χ4n) is 3.50. The second kappa shape index (κ2) is 9.43. The van der Waals surface area contributed by atoms with E-state index in [1.165, 1.54) is 32.1 Å². The third-order valence-corrected chi connectivity index (χ3v) is 6.22. The van der Waals surface area contributed by atoms with E-state index in [-0.39, 0.29) is 5.91 Å². The number of amides is 1. The Labute approximate surface area is 163 Å². The van der Waals surface area contributed by atoms with E-state index in [1.54, 1.807) is 11.3 Å². The summed E-state index contributed by atoms with van der Waals surface area (Å²) in [5, 5.41) is 12.2. The lowest BCUT2D eigenvalue weighted by Gasteiger charge is -2.31. The lowest BCUT2D eigenvalue weighted by Crippen LogP contribution is -2.39. The molecule has 1 amide bonds. The Kier molecular flexibility index (Phi) is 6.99. The average molecular weight is 394 g/mol. The first-order valence-corrected chi connectivity index (χ1v) is 10.6. The zero-order valence-electron chi connectivity index (χ0n) is 15.2. The van der Waals surface area contributed by atoms with Crippen molar-refractivity contribution in [3.8, 4) is 10.7 Å². The van der Waals surface area contributed by atoms with Crippen LogP contribution in [0.2, 0.25) is 0 Å². The van der Waals surface area contributed by atoms with Crippen LogP contribution in [-0.4, -0.2) is 51.8 Å². The van der Waals surface area contributed by atoms with E-state index in [1.807, 2.05) is 22.1 Å². The molecule has 2 N–H and O–H groups in total. The molecule has 1 aliphatic rings. The number of carbonyl (C=O) groups excluding carboxylic acids is 1. The zero-order chi connectivity index (χ0) is 18.4. The van der Waals surface area contributed by atoms with Crippen LogP contribution in [-0.2, 0) is 11.3 Å². The predicted molar refractivity (Wildman–Crippen MR) is 108 cm³/mol. The van der Waals surface area contributed by atoms with Gasteiger partial charge in [-0.05, 0) is 43.6 Å². The molecule has 0 radical (unpaired) electrons. The summed E-state index contributed by atoms with van der Waals surface area (Å²) in [4.78, 5) is 15.6. The number of aromatic nitrogens is 3. The second-order valence-electron chi connectivity index (χ2n) is 6.85. The van der Waals surface area contributed by atoms with Crippen molar-refractivity contribution >= 4 is 29.5 Å². The maximum atomic E-state index is 12.2. The van der Waals surface area contributed by atoms with Crippen molar-refractivity contribution in [1.29, 1.82) is 0 Å². The Morgan fingerprint density at radius 3 is 3.00 bits per heavy atom. The molecule has 142 valence electrons. The third-order valence-electron chi connectivity index (χ3n) is 5.05. The summed E-state index contributed by atoms with van der Waals surface area (Å²) in [5.41, 5.74) is 0. The van der Waals surface area contributed by atoms with Crippen LogP contribution < -0.4 is 5.32 Å². The molecule has 2 heterocycles. The van der Waals surface area contributed by atoms with Crippen LogP contribution in [0.5, 0.6) is 0 Å². The van der Waals surface area contributed by atoms with Gasteiger partial charge in [-0.3, -0.25) is 14.5 Å². The highest BCUT2D eigenvalue weighted by atomic mass is 32.1. The van der Waals surface area contributed by atoms with Crippen molar-refractivity contribution in [3.05, 3.63) is 22.3 Å². The van der Waals surface area contributed by atoms with Crippen LogP contribution in [0.25, 0.3) is 10.7 Å². The standard InChI is InChI=1S/C18H27N5OS2/c1-22(14-6-3-2-4-7-14)12-10-19-16(24)9-11-23-17(20-21-18(23)25)15-8-5-13-26-15/h5,8,13-14H,2-4,6-7,9-12H2,1H3,(H,19,24)(H,21,25). The topological polar surface area (TPSA) is 66.0 Å². The molecule has 1 fully saturated rings. The molecule has 0 atom stereocenters. The molecular weight excluding hydrogens is 366 g/mol. The first-order valence-electron chi connectivity index (χ1n) is 9.31. The molecule has 0 unspecified atom stereocenters. The molecule has 0 bridgehead atoms. The highest BCUT2D eigenvalue weighted by molar-refractivity contribution is 7.71. The van der Waals surface area contributed by atoms with Crippen molar-refractivity contribution in [2.45, 2.75) is 51.1 Å². The van der Waals surface area contributed by atoms with Gasteiger partial charge in [0.2, 0.25) is 5.91 Å². The molecule has 0 aliphatic heterocycles. The first kappa shape index (κ1) is 19.3. The van der Waals surface area contributed by atoms with Gasteiger partial charge in [0.1, 0.15) is 0 Å². The maximum absolute atomic E-state index is 12.2. The minimum Gasteiger partial charge on any atom is -0.355 e. The van der Waals surface area contributed by atoms with E-state index in [4.69, 9.17) is 12.2 Å². The molecule has 6 nitrogen and oxygen atoms in total. The summed E-state index contributed by atoms with van der Waals surface area (Å²) >= 11 is 6.92. The van der Waals surface area contributed by atoms with Gasteiger partial charge in [0.05, 0.1) is 4.88 Å². The number of nitrogens with zero attached hydrogens (tertiary/aromatic N) is 3. The van der Waals surface area contributed by atoms with Crippen LogP contribution >= 0.6 is 23.6 Å². The van der Waals surface area contributed by atoms with Crippen molar-refractivity contribution in [1.82, 2.24) is 25.0 Å². The maximum Gasteiger partial charge on any atom is 0.221 e. The molecule has 0 saturated heterocycles. The molecule has 26 heavy (non-hydrogen) atoms. The Bertz CT molecular complexity index is 746. The summed E-state index contributed by atoms with van der Waals surface area (Å²) in [7, 11) is 2.17. The van der Waals surface area contributed by atoms with Crippen LogP contribution in [0, 0.1) is 4.77 Å². The lowest BCUT2D eigenvalue weighted by molar-refractivity contribution is -0.121. The smallest absolute Gasteiger partial charge is 0.221 e. The zero-order valence-corrected chi connectivity index (χ0v) is 16.9. The molecule has 0 spiro atoms. The van der Waals surface area contributed by atoms with Crippen LogP contribution in [0.3, 0.4) is 0 Å². The molecule has 2 aromatic rings. The van der Waals surface area contributed by atoms with Gasteiger partial charge in [-0.2, -0.15) is 5.10 Å². The summed E-state index contributed by atoms with van der Waals surface area (Å²) in [5.74, 6) is 0.858. The van der Waals surface area contributed by atoms with Gasteiger partial charge in [-0.15, -0.1) is 11.3 Å². The quantitative estimate of drug-likeness (QED) is 0.674. The Morgan fingerprint density at radius 1 is 1.46 bits per heavy atom. The fourth-order valence-corrected chi connectivity index (χ4v) is 4.44. The van der Waals surface area contributed by atoms with E-state index in [2.05, 4.69) is 27.5 Å². The molecular formula is C18H27N5OS2. The lowest BCUT2D eigenvalue weighted by atomic mass is 9.94.